The molecule has 9 heteroatoms. The second-order valence-corrected chi connectivity index (χ2v) is 6.57. The number of halogens is 1. The summed E-state index contributed by atoms with van der Waals surface area (Å²) in [5.41, 5.74) is 0.811. The molecule has 2 aliphatic rings. The van der Waals surface area contributed by atoms with Gasteiger partial charge in [0.25, 0.3) is 11.6 Å². The van der Waals surface area contributed by atoms with E-state index in [1.54, 1.807) is 24.0 Å². The molecular weight excluding hydrogens is 360 g/mol. The Balaban J connectivity index is 0.00000243. The molecule has 2 fully saturated rings. The van der Waals surface area contributed by atoms with Crippen molar-refractivity contribution in [3.05, 3.63) is 39.4 Å². The molecule has 0 aromatic heterocycles. The fraction of sp³-hybridized carbons (Fsp3) is 0.529. The number of piperazine rings is 1. The lowest BCUT2D eigenvalue weighted by Crippen LogP contribution is -2.57. The molecule has 1 N–H and O–H groups in total. The third-order valence-electron chi connectivity index (χ3n) is 4.90. The molecule has 2 heterocycles. The van der Waals surface area contributed by atoms with Gasteiger partial charge >= 0.3 is 0 Å². The fourth-order valence-corrected chi connectivity index (χ4v) is 3.52. The minimum Gasteiger partial charge on any atom is -0.337 e. The zero-order valence-corrected chi connectivity index (χ0v) is 15.5. The number of nitrogens with one attached hydrogen (secondary N) is 1. The average Bonchev–Trinajstić information content (AvgIpc) is 2.62. The number of carbonyl (C=O) groups is 2. The number of rotatable bonds is 3. The summed E-state index contributed by atoms with van der Waals surface area (Å²) in [7, 11) is 0. The summed E-state index contributed by atoms with van der Waals surface area (Å²) in [4.78, 5) is 39.1. The Labute approximate surface area is 158 Å². The third-order valence-corrected chi connectivity index (χ3v) is 4.90. The molecule has 0 spiro atoms. The van der Waals surface area contributed by atoms with E-state index >= 15 is 0 Å². The normalized spacial score (nSPS) is 20.5. The first-order chi connectivity index (χ1) is 12.0. The first kappa shape index (κ1) is 20.1. The molecule has 0 bridgehead atoms. The summed E-state index contributed by atoms with van der Waals surface area (Å²) < 4.78 is 0. The van der Waals surface area contributed by atoms with Crippen molar-refractivity contribution >= 4 is 29.9 Å². The van der Waals surface area contributed by atoms with Crippen LogP contribution in [0, 0.1) is 17.0 Å². The number of nitrogens with zero attached hydrogens (tertiary/aromatic N) is 3. The molecule has 2 saturated heterocycles. The zero-order valence-electron chi connectivity index (χ0n) is 14.6. The van der Waals surface area contributed by atoms with E-state index < -0.39 is 4.92 Å². The third kappa shape index (κ3) is 4.13. The van der Waals surface area contributed by atoms with Gasteiger partial charge < -0.3 is 15.1 Å². The van der Waals surface area contributed by atoms with E-state index in [4.69, 9.17) is 0 Å². The highest BCUT2D eigenvalue weighted by Gasteiger charge is 2.32. The molecule has 2 aliphatic heterocycles. The number of aryl methyl sites for hydroxylation is 1. The van der Waals surface area contributed by atoms with E-state index in [-0.39, 0.29) is 36.0 Å². The Kier molecular flexibility index (Phi) is 6.55. The van der Waals surface area contributed by atoms with Gasteiger partial charge in [0.15, 0.2) is 0 Å². The number of hydrogen-bond donors (Lipinski definition) is 1. The first-order valence-corrected chi connectivity index (χ1v) is 8.52. The van der Waals surface area contributed by atoms with Crippen LogP contribution in [0.2, 0.25) is 0 Å². The van der Waals surface area contributed by atoms with Crippen molar-refractivity contribution in [1.82, 2.24) is 15.1 Å². The average molecular weight is 383 g/mol. The molecule has 1 aromatic carbocycles. The van der Waals surface area contributed by atoms with E-state index in [1.165, 1.54) is 6.07 Å². The number of benzene rings is 1. The molecule has 0 aliphatic carbocycles. The maximum atomic E-state index is 12.8. The van der Waals surface area contributed by atoms with Gasteiger partial charge in [-0.2, -0.15) is 0 Å². The quantitative estimate of drug-likeness (QED) is 0.629. The van der Waals surface area contributed by atoms with Gasteiger partial charge in [-0.05, 0) is 25.8 Å². The maximum absolute atomic E-state index is 12.8. The molecule has 1 unspecified atom stereocenters. The minimum absolute atomic E-state index is 0. The van der Waals surface area contributed by atoms with Crippen LogP contribution in [0.25, 0.3) is 0 Å². The summed E-state index contributed by atoms with van der Waals surface area (Å²) in [6.45, 7) is 4.50. The highest BCUT2D eigenvalue weighted by molar-refractivity contribution is 5.95. The van der Waals surface area contributed by atoms with Gasteiger partial charge in [0.2, 0.25) is 5.91 Å². The molecule has 26 heavy (non-hydrogen) atoms. The SMILES string of the molecule is Cc1ccc(C(=O)N2CCCC(N3CCNCC3=O)C2)cc1[N+](=O)[O-].Cl. The van der Waals surface area contributed by atoms with Gasteiger partial charge in [0, 0.05) is 49.4 Å². The van der Waals surface area contributed by atoms with Crippen LogP contribution < -0.4 is 5.32 Å². The summed E-state index contributed by atoms with van der Waals surface area (Å²) >= 11 is 0. The van der Waals surface area contributed by atoms with Crippen LogP contribution in [0.3, 0.4) is 0 Å². The molecule has 142 valence electrons. The van der Waals surface area contributed by atoms with Crippen molar-refractivity contribution in [2.75, 3.05) is 32.7 Å². The number of likely N-dealkylation sites (tertiary alicyclic amines) is 1. The van der Waals surface area contributed by atoms with Gasteiger partial charge in [-0.15, -0.1) is 12.4 Å². The van der Waals surface area contributed by atoms with E-state index in [0.29, 0.717) is 37.3 Å². The van der Waals surface area contributed by atoms with Crippen LogP contribution in [0.1, 0.15) is 28.8 Å². The van der Waals surface area contributed by atoms with Gasteiger partial charge in [0.1, 0.15) is 0 Å². The lowest BCUT2D eigenvalue weighted by atomic mass is 10.0. The van der Waals surface area contributed by atoms with Crippen molar-refractivity contribution in [1.29, 1.82) is 0 Å². The van der Waals surface area contributed by atoms with Crippen molar-refractivity contribution in [2.24, 2.45) is 0 Å². The van der Waals surface area contributed by atoms with Crippen molar-refractivity contribution < 1.29 is 14.5 Å². The molecular formula is C17H23ClN4O4. The summed E-state index contributed by atoms with van der Waals surface area (Å²) in [6.07, 6.45) is 1.70. The Morgan fingerprint density at radius 1 is 1.35 bits per heavy atom. The molecule has 8 nitrogen and oxygen atoms in total. The van der Waals surface area contributed by atoms with Crippen LogP contribution in [0.15, 0.2) is 18.2 Å². The maximum Gasteiger partial charge on any atom is 0.273 e. The smallest absolute Gasteiger partial charge is 0.273 e. The molecule has 1 atom stereocenters. The Morgan fingerprint density at radius 3 is 2.81 bits per heavy atom. The number of hydrogen-bond acceptors (Lipinski definition) is 5. The Bertz CT molecular complexity index is 712. The predicted octanol–water partition coefficient (Wildman–Crippen LogP) is 1.36. The molecule has 1 aromatic rings. The van der Waals surface area contributed by atoms with Gasteiger partial charge in [0.05, 0.1) is 11.5 Å². The van der Waals surface area contributed by atoms with Crippen LogP contribution in [-0.2, 0) is 4.79 Å². The molecule has 3 rings (SSSR count). The molecule has 0 radical (unpaired) electrons. The zero-order chi connectivity index (χ0) is 18.0. The Hall–Kier alpha value is -2.19. The lowest BCUT2D eigenvalue weighted by molar-refractivity contribution is -0.385. The minimum atomic E-state index is -0.468. The van der Waals surface area contributed by atoms with Crippen LogP contribution >= 0.6 is 12.4 Å². The van der Waals surface area contributed by atoms with E-state index in [9.17, 15) is 19.7 Å². The Morgan fingerprint density at radius 2 is 2.12 bits per heavy atom. The number of nitro benzene ring substituents is 1. The van der Waals surface area contributed by atoms with Crippen molar-refractivity contribution in [2.45, 2.75) is 25.8 Å². The highest BCUT2D eigenvalue weighted by Crippen LogP contribution is 2.23. The van der Waals surface area contributed by atoms with Gasteiger partial charge in [-0.25, -0.2) is 0 Å². The van der Waals surface area contributed by atoms with E-state index in [2.05, 4.69) is 5.32 Å². The topological polar surface area (TPSA) is 95.8 Å². The standard InChI is InChI=1S/C17H22N4O4.ClH/c1-12-4-5-13(9-15(12)21(24)25)17(23)19-7-2-3-14(11-19)20-8-6-18-10-16(20)22;/h4-5,9,14,18H,2-3,6-8,10-11H2,1H3;1H. The number of carbonyl (C=O) groups excluding carboxylic acids is 2. The second-order valence-electron chi connectivity index (χ2n) is 6.57. The van der Waals surface area contributed by atoms with Crippen LogP contribution in [-0.4, -0.2) is 65.3 Å². The van der Waals surface area contributed by atoms with E-state index in [0.717, 1.165) is 19.4 Å². The highest BCUT2D eigenvalue weighted by atomic mass is 35.5. The molecule has 2 amide bonds. The van der Waals surface area contributed by atoms with E-state index in [1.807, 2.05) is 4.90 Å². The lowest BCUT2D eigenvalue weighted by Gasteiger charge is -2.41. The van der Waals surface area contributed by atoms with Gasteiger partial charge in [-0.3, -0.25) is 19.7 Å². The molecule has 0 saturated carbocycles. The van der Waals surface area contributed by atoms with Gasteiger partial charge in [-0.1, -0.05) is 6.07 Å². The van der Waals surface area contributed by atoms with Crippen LogP contribution in [0.4, 0.5) is 5.69 Å². The monoisotopic (exact) mass is 382 g/mol. The predicted molar refractivity (Wildman–Crippen MR) is 98.6 cm³/mol. The van der Waals surface area contributed by atoms with Crippen LogP contribution in [0.5, 0.6) is 0 Å². The fourth-order valence-electron chi connectivity index (χ4n) is 3.52. The number of amides is 2. The summed E-state index contributed by atoms with van der Waals surface area (Å²) in [5, 5.41) is 14.1. The summed E-state index contributed by atoms with van der Waals surface area (Å²) in [5.74, 6) is -0.146. The first-order valence-electron chi connectivity index (χ1n) is 8.52. The van der Waals surface area contributed by atoms with Crippen molar-refractivity contribution in [3.63, 3.8) is 0 Å². The number of piperidine rings is 1. The van der Waals surface area contributed by atoms with Crippen molar-refractivity contribution in [3.8, 4) is 0 Å². The summed E-state index contributed by atoms with van der Waals surface area (Å²) in [6, 6.07) is 4.60. The second kappa shape index (κ2) is 8.46. The largest absolute Gasteiger partial charge is 0.337 e. The number of nitro groups is 1.